The number of ether oxygens (including phenoxy) is 2. The van der Waals surface area contributed by atoms with Crippen molar-refractivity contribution in [3.63, 3.8) is 0 Å². The normalized spacial score (nSPS) is 15.4. The Balaban J connectivity index is 1.67. The van der Waals surface area contributed by atoms with E-state index in [1.807, 2.05) is 59.5 Å². The van der Waals surface area contributed by atoms with E-state index in [1.54, 1.807) is 14.2 Å². The molecule has 1 atom stereocenters. The van der Waals surface area contributed by atoms with Crippen LogP contribution in [-0.4, -0.2) is 20.1 Å². The molecule has 1 aliphatic heterocycles. The summed E-state index contributed by atoms with van der Waals surface area (Å²) < 4.78 is 11.0. The van der Waals surface area contributed by atoms with Crippen LogP contribution in [-0.2, 0) is 11.3 Å². The minimum Gasteiger partial charge on any atom is -0.493 e. The first-order valence-corrected chi connectivity index (χ1v) is 11.2. The average Bonchev–Trinajstić information content (AvgIpc) is 2.84. The second kappa shape index (κ2) is 8.80. The van der Waals surface area contributed by atoms with Crippen molar-refractivity contribution in [1.82, 2.24) is 0 Å². The van der Waals surface area contributed by atoms with E-state index in [0.29, 0.717) is 29.5 Å². The first kappa shape index (κ1) is 21.4. The van der Waals surface area contributed by atoms with Crippen LogP contribution in [0.25, 0.3) is 10.8 Å². The number of carbonyl (C=O) groups excluding carboxylic acids is 1. The minimum absolute atomic E-state index is 0.0811. The van der Waals surface area contributed by atoms with Gasteiger partial charge >= 0.3 is 0 Å². The Hall–Kier alpha value is -3.50. The lowest BCUT2D eigenvalue weighted by molar-refractivity contribution is -0.119. The Bertz CT molecular complexity index is 1350. The van der Waals surface area contributed by atoms with E-state index < -0.39 is 0 Å². The maximum atomic E-state index is 13.5. The number of hydrogen-bond donors (Lipinski definition) is 0. The first-order chi connectivity index (χ1) is 16.1. The number of fused-ring (bicyclic) bond motifs is 3. The Labute approximate surface area is 198 Å². The molecule has 0 N–H and O–H groups in total. The van der Waals surface area contributed by atoms with Gasteiger partial charge in [-0.3, -0.25) is 4.79 Å². The van der Waals surface area contributed by atoms with Gasteiger partial charge in [0.05, 0.1) is 20.8 Å². The largest absolute Gasteiger partial charge is 0.493 e. The minimum atomic E-state index is -0.0889. The number of halogens is 1. The predicted octanol–water partition coefficient (Wildman–Crippen LogP) is 6.58. The lowest BCUT2D eigenvalue weighted by Crippen LogP contribution is -2.36. The number of amides is 1. The highest BCUT2D eigenvalue weighted by molar-refractivity contribution is 6.30. The van der Waals surface area contributed by atoms with Crippen LogP contribution in [0.5, 0.6) is 11.5 Å². The summed E-state index contributed by atoms with van der Waals surface area (Å²) in [4.78, 5) is 15.4. The number of benzene rings is 4. The van der Waals surface area contributed by atoms with Gasteiger partial charge in [0.25, 0.3) is 0 Å². The molecule has 5 rings (SSSR count). The summed E-state index contributed by atoms with van der Waals surface area (Å²) in [6.45, 7) is 0.476. The van der Waals surface area contributed by atoms with E-state index in [0.717, 1.165) is 33.2 Å². The average molecular weight is 458 g/mol. The fourth-order valence-electron chi connectivity index (χ4n) is 4.75. The van der Waals surface area contributed by atoms with Gasteiger partial charge in [-0.25, -0.2) is 0 Å². The van der Waals surface area contributed by atoms with Crippen molar-refractivity contribution >= 4 is 34.0 Å². The van der Waals surface area contributed by atoms with Gasteiger partial charge in [0, 0.05) is 23.0 Å². The van der Waals surface area contributed by atoms with E-state index in [9.17, 15) is 4.79 Å². The topological polar surface area (TPSA) is 38.8 Å². The molecule has 33 heavy (non-hydrogen) atoms. The number of hydrogen-bond acceptors (Lipinski definition) is 3. The molecule has 1 heterocycles. The van der Waals surface area contributed by atoms with Crippen LogP contribution < -0.4 is 14.4 Å². The third kappa shape index (κ3) is 3.91. The van der Waals surface area contributed by atoms with Crippen molar-refractivity contribution in [3.05, 3.63) is 101 Å². The Morgan fingerprint density at radius 1 is 0.909 bits per heavy atom. The second-order valence-electron chi connectivity index (χ2n) is 8.20. The molecule has 0 saturated carbocycles. The fraction of sp³-hybridized carbons (Fsp3) is 0.179. The zero-order valence-corrected chi connectivity index (χ0v) is 19.3. The van der Waals surface area contributed by atoms with E-state index >= 15 is 0 Å². The molecule has 4 aromatic carbocycles. The van der Waals surface area contributed by atoms with Gasteiger partial charge in [-0.05, 0) is 57.8 Å². The molecule has 1 aliphatic rings. The molecule has 166 valence electrons. The first-order valence-electron chi connectivity index (χ1n) is 10.9. The van der Waals surface area contributed by atoms with Crippen molar-refractivity contribution in [2.45, 2.75) is 18.9 Å². The molecule has 1 unspecified atom stereocenters. The predicted molar refractivity (Wildman–Crippen MR) is 133 cm³/mol. The molecular formula is C28H24ClNO3. The standard InChI is InChI=1S/C28H24ClNO3/c1-32-25-13-11-20(15-26(25)33-2)23-16-27(31)30(17-18-6-5-8-21(29)14-18)24-12-10-19-7-3-4-9-22(19)28(23)24/h3-15,23H,16-17H2,1-2H3. The van der Waals surface area contributed by atoms with Crippen LogP contribution in [0.2, 0.25) is 5.02 Å². The highest BCUT2D eigenvalue weighted by atomic mass is 35.5. The molecule has 0 aromatic heterocycles. The molecule has 4 aromatic rings. The molecular weight excluding hydrogens is 434 g/mol. The van der Waals surface area contributed by atoms with Gasteiger partial charge in [-0.15, -0.1) is 0 Å². The van der Waals surface area contributed by atoms with Gasteiger partial charge in [0.1, 0.15) is 0 Å². The van der Waals surface area contributed by atoms with Crippen LogP contribution >= 0.6 is 11.6 Å². The van der Waals surface area contributed by atoms with E-state index in [4.69, 9.17) is 21.1 Å². The Morgan fingerprint density at radius 2 is 1.73 bits per heavy atom. The van der Waals surface area contributed by atoms with Crippen molar-refractivity contribution < 1.29 is 14.3 Å². The van der Waals surface area contributed by atoms with Gasteiger partial charge in [0.15, 0.2) is 11.5 Å². The maximum Gasteiger partial charge on any atom is 0.228 e. The summed E-state index contributed by atoms with van der Waals surface area (Å²) in [5.74, 6) is 1.32. The third-order valence-electron chi connectivity index (χ3n) is 6.31. The molecule has 0 aliphatic carbocycles. The molecule has 0 radical (unpaired) electrons. The van der Waals surface area contributed by atoms with Crippen LogP contribution in [0.3, 0.4) is 0 Å². The van der Waals surface area contributed by atoms with Gasteiger partial charge < -0.3 is 14.4 Å². The van der Waals surface area contributed by atoms with E-state index in [-0.39, 0.29) is 11.8 Å². The monoisotopic (exact) mass is 457 g/mol. The fourth-order valence-corrected chi connectivity index (χ4v) is 4.97. The van der Waals surface area contributed by atoms with Gasteiger partial charge in [-0.2, -0.15) is 0 Å². The number of anilines is 1. The number of carbonyl (C=O) groups is 1. The van der Waals surface area contributed by atoms with E-state index in [2.05, 4.69) is 24.3 Å². The SMILES string of the molecule is COc1ccc(C2CC(=O)N(Cc3cccc(Cl)c3)c3ccc4ccccc4c32)cc1OC. The summed E-state index contributed by atoms with van der Waals surface area (Å²) >= 11 is 6.21. The zero-order valence-electron chi connectivity index (χ0n) is 18.5. The van der Waals surface area contributed by atoms with Gasteiger partial charge in [0.2, 0.25) is 5.91 Å². The van der Waals surface area contributed by atoms with Crippen molar-refractivity contribution in [1.29, 1.82) is 0 Å². The molecule has 0 fully saturated rings. The number of methoxy groups -OCH3 is 2. The quantitative estimate of drug-likeness (QED) is 0.340. The molecule has 0 bridgehead atoms. The van der Waals surface area contributed by atoms with Crippen molar-refractivity contribution in [3.8, 4) is 11.5 Å². The summed E-state index contributed by atoms with van der Waals surface area (Å²) in [5.41, 5.74) is 4.12. The summed E-state index contributed by atoms with van der Waals surface area (Å²) in [6.07, 6.45) is 0.372. The highest BCUT2D eigenvalue weighted by Gasteiger charge is 2.34. The summed E-state index contributed by atoms with van der Waals surface area (Å²) in [5, 5.41) is 2.97. The molecule has 0 spiro atoms. The summed E-state index contributed by atoms with van der Waals surface area (Å²) in [6, 6.07) is 26.1. The van der Waals surface area contributed by atoms with Gasteiger partial charge in [-0.1, -0.05) is 60.1 Å². The van der Waals surface area contributed by atoms with Crippen LogP contribution in [0.4, 0.5) is 5.69 Å². The van der Waals surface area contributed by atoms with E-state index in [1.165, 1.54) is 0 Å². The second-order valence-corrected chi connectivity index (χ2v) is 8.64. The summed E-state index contributed by atoms with van der Waals surface area (Å²) in [7, 11) is 3.25. The maximum absolute atomic E-state index is 13.5. The Morgan fingerprint density at radius 3 is 2.52 bits per heavy atom. The van der Waals surface area contributed by atoms with Crippen LogP contribution in [0, 0.1) is 0 Å². The smallest absolute Gasteiger partial charge is 0.228 e. The van der Waals surface area contributed by atoms with Crippen molar-refractivity contribution in [2.24, 2.45) is 0 Å². The molecule has 1 amide bonds. The number of rotatable bonds is 5. The molecule has 0 saturated heterocycles. The van der Waals surface area contributed by atoms with Crippen LogP contribution in [0.15, 0.2) is 78.9 Å². The zero-order chi connectivity index (χ0) is 22.9. The lowest BCUT2D eigenvalue weighted by atomic mass is 9.81. The lowest BCUT2D eigenvalue weighted by Gasteiger charge is -2.35. The third-order valence-corrected chi connectivity index (χ3v) is 6.54. The number of nitrogens with zero attached hydrogens (tertiary/aromatic N) is 1. The Kier molecular flexibility index (Phi) is 5.69. The molecule has 4 nitrogen and oxygen atoms in total. The highest BCUT2D eigenvalue weighted by Crippen LogP contribution is 2.45. The van der Waals surface area contributed by atoms with Crippen LogP contribution in [0.1, 0.15) is 29.0 Å². The van der Waals surface area contributed by atoms with Crippen molar-refractivity contribution in [2.75, 3.05) is 19.1 Å². The molecule has 5 heteroatoms.